The summed E-state index contributed by atoms with van der Waals surface area (Å²) in [4.78, 5) is 14.1. The van der Waals surface area contributed by atoms with Crippen LogP contribution >= 0.6 is 11.6 Å². The molecule has 2 fully saturated rings. The molecular weight excluding hydrogens is 290 g/mol. The first kappa shape index (κ1) is 14.6. The lowest BCUT2D eigenvalue weighted by atomic mass is 10.00. The zero-order valence-electron chi connectivity index (χ0n) is 12.3. The van der Waals surface area contributed by atoms with E-state index in [9.17, 15) is 9.90 Å². The monoisotopic (exact) mass is 309 g/mol. The number of hydrogen-bond acceptors (Lipinski definition) is 3. The molecule has 5 nitrogen and oxygen atoms in total. The number of amides is 1. The molecule has 0 radical (unpaired) electrons. The Kier molecular flexibility index (Phi) is 3.80. The summed E-state index contributed by atoms with van der Waals surface area (Å²) in [5, 5.41) is 14.6. The number of rotatable bonds is 2. The molecular formula is C15H20ClN3O2. The van der Waals surface area contributed by atoms with Gasteiger partial charge in [-0.1, -0.05) is 11.6 Å². The predicted octanol–water partition coefficient (Wildman–Crippen LogP) is 1.62. The van der Waals surface area contributed by atoms with E-state index in [1.807, 2.05) is 11.8 Å². The van der Waals surface area contributed by atoms with E-state index in [0.29, 0.717) is 17.6 Å². The first-order valence-electron chi connectivity index (χ1n) is 7.31. The van der Waals surface area contributed by atoms with Crippen molar-refractivity contribution < 1.29 is 9.90 Å². The van der Waals surface area contributed by atoms with Crippen molar-refractivity contribution in [3.05, 3.63) is 22.5 Å². The first-order chi connectivity index (χ1) is 9.97. The van der Waals surface area contributed by atoms with Crippen LogP contribution in [0, 0.1) is 18.8 Å². The average Bonchev–Trinajstić information content (AvgIpc) is 3.07. The number of fused-ring (bicyclic) bond motifs is 1. The van der Waals surface area contributed by atoms with Gasteiger partial charge in [-0.15, -0.1) is 0 Å². The summed E-state index contributed by atoms with van der Waals surface area (Å²) < 4.78 is 1.59. The fourth-order valence-electron chi connectivity index (χ4n) is 3.51. The van der Waals surface area contributed by atoms with Crippen LogP contribution in [0.4, 0.5) is 0 Å². The van der Waals surface area contributed by atoms with Crippen LogP contribution in [-0.4, -0.2) is 44.9 Å². The predicted molar refractivity (Wildman–Crippen MR) is 80.8 cm³/mol. The highest BCUT2D eigenvalue weighted by atomic mass is 35.5. The number of aliphatic hydroxyl groups excluding tert-OH is 1. The topological polar surface area (TPSA) is 58.4 Å². The van der Waals surface area contributed by atoms with Gasteiger partial charge in [-0.3, -0.25) is 9.48 Å². The van der Waals surface area contributed by atoms with Crippen molar-refractivity contribution in [1.82, 2.24) is 14.7 Å². The molecule has 0 spiro atoms. The van der Waals surface area contributed by atoms with Crippen LogP contribution in [-0.2, 0) is 11.8 Å². The number of aliphatic hydroxyl groups is 1. The summed E-state index contributed by atoms with van der Waals surface area (Å²) in [6, 6.07) is 0. The number of hydrogen-bond donors (Lipinski definition) is 1. The van der Waals surface area contributed by atoms with Gasteiger partial charge in [-0.2, -0.15) is 5.10 Å². The third kappa shape index (κ3) is 2.60. The zero-order chi connectivity index (χ0) is 15.1. The fourth-order valence-corrected chi connectivity index (χ4v) is 3.75. The van der Waals surface area contributed by atoms with Gasteiger partial charge in [0.1, 0.15) is 5.15 Å². The zero-order valence-corrected chi connectivity index (χ0v) is 13.0. The summed E-state index contributed by atoms with van der Waals surface area (Å²) in [6.07, 6.45) is 4.94. The Labute approximate surface area is 129 Å². The molecule has 1 amide bonds. The van der Waals surface area contributed by atoms with E-state index in [1.165, 1.54) is 0 Å². The van der Waals surface area contributed by atoms with E-state index in [4.69, 9.17) is 11.6 Å². The van der Waals surface area contributed by atoms with Crippen molar-refractivity contribution in [2.75, 3.05) is 13.1 Å². The van der Waals surface area contributed by atoms with Crippen LogP contribution in [0.25, 0.3) is 6.08 Å². The molecule has 2 heterocycles. The maximum atomic E-state index is 12.3. The third-order valence-electron chi connectivity index (χ3n) is 4.72. The lowest BCUT2D eigenvalue weighted by Crippen LogP contribution is -2.29. The molecule has 0 bridgehead atoms. The molecule has 1 aliphatic carbocycles. The van der Waals surface area contributed by atoms with E-state index in [1.54, 1.807) is 23.9 Å². The van der Waals surface area contributed by atoms with Gasteiger partial charge >= 0.3 is 0 Å². The van der Waals surface area contributed by atoms with Crippen LogP contribution in [0.15, 0.2) is 6.08 Å². The minimum atomic E-state index is -0.244. The first-order valence-corrected chi connectivity index (χ1v) is 7.69. The van der Waals surface area contributed by atoms with Gasteiger partial charge in [0.05, 0.1) is 11.8 Å². The SMILES string of the molecule is Cc1nn(C)c(Cl)c1/C=C/C(=O)N1CC2CCC(O)C2C1. The van der Waals surface area contributed by atoms with Crippen molar-refractivity contribution in [3.8, 4) is 0 Å². The molecule has 114 valence electrons. The largest absolute Gasteiger partial charge is 0.393 e. The molecule has 1 N–H and O–H groups in total. The second kappa shape index (κ2) is 5.46. The molecule has 1 saturated carbocycles. The number of halogens is 1. The highest BCUT2D eigenvalue weighted by Gasteiger charge is 2.42. The maximum absolute atomic E-state index is 12.3. The van der Waals surface area contributed by atoms with E-state index in [0.717, 1.165) is 30.6 Å². The second-order valence-corrected chi connectivity index (χ2v) is 6.42. The molecule has 1 saturated heterocycles. The Morgan fingerprint density at radius 2 is 2.19 bits per heavy atom. The van der Waals surface area contributed by atoms with Crippen LogP contribution in [0.2, 0.25) is 5.15 Å². The number of likely N-dealkylation sites (tertiary alicyclic amines) is 1. The van der Waals surface area contributed by atoms with Crippen LogP contribution < -0.4 is 0 Å². The number of nitrogens with zero attached hydrogens (tertiary/aromatic N) is 3. The summed E-state index contributed by atoms with van der Waals surface area (Å²) in [5.74, 6) is 0.697. The van der Waals surface area contributed by atoms with Crippen LogP contribution in [0.5, 0.6) is 0 Å². The quantitative estimate of drug-likeness (QED) is 0.845. The number of carbonyl (C=O) groups is 1. The maximum Gasteiger partial charge on any atom is 0.246 e. The lowest BCUT2D eigenvalue weighted by molar-refractivity contribution is -0.125. The molecule has 3 unspecified atom stereocenters. The minimum Gasteiger partial charge on any atom is -0.393 e. The van der Waals surface area contributed by atoms with Gasteiger partial charge in [0, 0.05) is 37.7 Å². The molecule has 6 heteroatoms. The average molecular weight is 310 g/mol. The van der Waals surface area contributed by atoms with Crippen LogP contribution in [0.3, 0.4) is 0 Å². The van der Waals surface area contributed by atoms with Gasteiger partial charge in [0.15, 0.2) is 0 Å². The van der Waals surface area contributed by atoms with Crippen molar-refractivity contribution in [2.24, 2.45) is 18.9 Å². The van der Waals surface area contributed by atoms with Crippen molar-refractivity contribution >= 4 is 23.6 Å². The van der Waals surface area contributed by atoms with Crippen LogP contribution in [0.1, 0.15) is 24.1 Å². The summed E-state index contributed by atoms with van der Waals surface area (Å²) in [5.41, 5.74) is 1.59. The van der Waals surface area contributed by atoms with E-state index in [2.05, 4.69) is 5.10 Å². The molecule has 21 heavy (non-hydrogen) atoms. The Balaban J connectivity index is 1.68. The highest BCUT2D eigenvalue weighted by Crippen LogP contribution is 2.38. The highest BCUT2D eigenvalue weighted by molar-refractivity contribution is 6.31. The second-order valence-electron chi connectivity index (χ2n) is 6.06. The summed E-state index contributed by atoms with van der Waals surface area (Å²) >= 11 is 6.15. The molecule has 3 atom stereocenters. The number of aromatic nitrogens is 2. The fraction of sp³-hybridized carbons (Fsp3) is 0.600. The molecule has 1 aliphatic heterocycles. The van der Waals surface area contributed by atoms with Gasteiger partial charge in [-0.25, -0.2) is 0 Å². The summed E-state index contributed by atoms with van der Waals surface area (Å²) in [6.45, 7) is 3.28. The molecule has 0 aromatic carbocycles. The summed E-state index contributed by atoms with van der Waals surface area (Å²) in [7, 11) is 1.78. The normalized spacial score (nSPS) is 28.6. The molecule has 1 aromatic heterocycles. The standard InChI is InChI=1S/C15H20ClN3O2/c1-9-11(15(16)18(2)17-9)4-6-14(21)19-7-10-3-5-13(20)12(10)8-19/h4,6,10,12-13,20H,3,5,7-8H2,1-2H3/b6-4+. The Morgan fingerprint density at radius 1 is 1.43 bits per heavy atom. The smallest absolute Gasteiger partial charge is 0.246 e. The van der Waals surface area contributed by atoms with Gasteiger partial charge in [-0.05, 0) is 31.8 Å². The van der Waals surface area contributed by atoms with Gasteiger partial charge < -0.3 is 10.0 Å². The van der Waals surface area contributed by atoms with E-state index >= 15 is 0 Å². The third-order valence-corrected chi connectivity index (χ3v) is 5.17. The minimum absolute atomic E-state index is 0.0177. The molecule has 1 aromatic rings. The Morgan fingerprint density at radius 3 is 2.81 bits per heavy atom. The van der Waals surface area contributed by atoms with Gasteiger partial charge in [0.25, 0.3) is 0 Å². The molecule has 3 rings (SSSR count). The number of aryl methyl sites for hydroxylation is 2. The van der Waals surface area contributed by atoms with E-state index < -0.39 is 0 Å². The Hall–Kier alpha value is -1.33. The lowest BCUT2D eigenvalue weighted by Gasteiger charge is -2.16. The van der Waals surface area contributed by atoms with Crippen molar-refractivity contribution in [2.45, 2.75) is 25.9 Å². The van der Waals surface area contributed by atoms with Gasteiger partial charge in [0.2, 0.25) is 5.91 Å². The molecule has 2 aliphatic rings. The number of carbonyl (C=O) groups excluding carboxylic acids is 1. The van der Waals surface area contributed by atoms with Crippen molar-refractivity contribution in [1.29, 1.82) is 0 Å². The van der Waals surface area contributed by atoms with Crippen molar-refractivity contribution in [3.63, 3.8) is 0 Å². The Bertz CT molecular complexity index is 596. The van der Waals surface area contributed by atoms with E-state index in [-0.39, 0.29) is 17.9 Å².